The van der Waals surface area contributed by atoms with Gasteiger partial charge >= 0.3 is 0 Å². The SMILES string of the molecule is NC(=NCc1nc(Cl)c(N)nc1N)NC(=O)C(N)COCc1ccccc1. The maximum Gasteiger partial charge on any atom is 0.245 e. The van der Waals surface area contributed by atoms with Gasteiger partial charge in [0.2, 0.25) is 5.91 Å². The zero-order valence-electron chi connectivity index (χ0n) is 14.4. The number of nitrogens with zero attached hydrogens (tertiary/aromatic N) is 3. The number of carbonyl (C=O) groups is 1. The Morgan fingerprint density at radius 1 is 1.22 bits per heavy atom. The number of ether oxygens (including phenoxy) is 1. The first-order valence-electron chi connectivity index (χ1n) is 7.92. The van der Waals surface area contributed by atoms with Crippen LogP contribution >= 0.6 is 11.6 Å². The molecule has 0 saturated heterocycles. The summed E-state index contributed by atoms with van der Waals surface area (Å²) in [7, 11) is 0. The molecule has 0 fully saturated rings. The van der Waals surface area contributed by atoms with Crippen molar-refractivity contribution in [3.8, 4) is 0 Å². The number of amides is 1. The summed E-state index contributed by atoms with van der Waals surface area (Å²) in [6, 6.07) is 8.62. The van der Waals surface area contributed by atoms with Gasteiger partial charge in [0, 0.05) is 0 Å². The third-order valence-electron chi connectivity index (χ3n) is 3.38. The van der Waals surface area contributed by atoms with Gasteiger partial charge < -0.3 is 27.7 Å². The summed E-state index contributed by atoms with van der Waals surface area (Å²) in [5.74, 6) is -0.582. The second-order valence-electron chi connectivity index (χ2n) is 5.53. The molecule has 0 aliphatic carbocycles. The molecule has 0 radical (unpaired) electrons. The molecule has 11 heteroatoms. The van der Waals surface area contributed by atoms with E-state index in [0.29, 0.717) is 6.61 Å². The summed E-state index contributed by atoms with van der Waals surface area (Å²) < 4.78 is 5.43. The van der Waals surface area contributed by atoms with Gasteiger partial charge in [-0.3, -0.25) is 10.1 Å². The Bertz CT molecular complexity index is 816. The molecule has 9 N–H and O–H groups in total. The number of nitrogens with one attached hydrogen (secondary N) is 1. The number of aromatic nitrogens is 2. The second-order valence-corrected chi connectivity index (χ2v) is 5.89. The lowest BCUT2D eigenvalue weighted by molar-refractivity contribution is -0.122. The quantitative estimate of drug-likeness (QED) is 0.316. The van der Waals surface area contributed by atoms with Crippen LogP contribution in [0.4, 0.5) is 11.6 Å². The highest BCUT2D eigenvalue weighted by atomic mass is 35.5. The van der Waals surface area contributed by atoms with Crippen molar-refractivity contribution < 1.29 is 9.53 Å². The van der Waals surface area contributed by atoms with Crippen LogP contribution in [0.1, 0.15) is 11.3 Å². The van der Waals surface area contributed by atoms with E-state index < -0.39 is 11.9 Å². The minimum Gasteiger partial charge on any atom is -0.382 e. The lowest BCUT2D eigenvalue weighted by Gasteiger charge is -2.12. The van der Waals surface area contributed by atoms with Crippen LogP contribution < -0.4 is 28.3 Å². The van der Waals surface area contributed by atoms with Gasteiger partial charge in [-0.05, 0) is 5.56 Å². The lowest BCUT2D eigenvalue weighted by Crippen LogP contribution is -2.48. The molecule has 1 atom stereocenters. The Balaban J connectivity index is 1.81. The predicted octanol–water partition coefficient (Wildman–Crippen LogP) is -0.231. The average Bonchev–Trinajstić information content (AvgIpc) is 2.64. The summed E-state index contributed by atoms with van der Waals surface area (Å²) in [6.07, 6.45) is 0. The molecule has 0 spiro atoms. The number of carbonyl (C=O) groups excluding carboxylic acids is 1. The summed E-state index contributed by atoms with van der Waals surface area (Å²) in [5.41, 5.74) is 23.9. The first-order valence-corrected chi connectivity index (χ1v) is 8.30. The van der Waals surface area contributed by atoms with Crippen molar-refractivity contribution in [3.05, 3.63) is 46.7 Å². The largest absolute Gasteiger partial charge is 0.382 e. The monoisotopic (exact) mass is 392 g/mol. The highest BCUT2D eigenvalue weighted by Crippen LogP contribution is 2.17. The van der Waals surface area contributed by atoms with Gasteiger partial charge in [0.15, 0.2) is 16.9 Å². The minimum absolute atomic E-state index is 0.00888. The van der Waals surface area contributed by atoms with Gasteiger partial charge in [0.1, 0.15) is 17.6 Å². The summed E-state index contributed by atoms with van der Waals surface area (Å²) in [4.78, 5) is 23.8. The number of anilines is 2. The second kappa shape index (κ2) is 9.67. The average molecular weight is 393 g/mol. The molecule has 27 heavy (non-hydrogen) atoms. The van der Waals surface area contributed by atoms with E-state index in [9.17, 15) is 4.79 Å². The number of aliphatic imine (C=N–C) groups is 1. The highest BCUT2D eigenvalue weighted by molar-refractivity contribution is 6.31. The highest BCUT2D eigenvalue weighted by Gasteiger charge is 2.15. The van der Waals surface area contributed by atoms with Crippen LogP contribution in [0, 0.1) is 0 Å². The smallest absolute Gasteiger partial charge is 0.245 e. The van der Waals surface area contributed by atoms with Crippen molar-refractivity contribution in [2.24, 2.45) is 16.5 Å². The van der Waals surface area contributed by atoms with Gasteiger partial charge in [-0.2, -0.15) is 0 Å². The molecule has 1 heterocycles. The zero-order valence-corrected chi connectivity index (χ0v) is 15.2. The van der Waals surface area contributed by atoms with Crippen LogP contribution in [0.25, 0.3) is 0 Å². The number of guanidine groups is 1. The van der Waals surface area contributed by atoms with E-state index in [0.717, 1.165) is 5.56 Å². The summed E-state index contributed by atoms with van der Waals surface area (Å²) >= 11 is 5.79. The lowest BCUT2D eigenvalue weighted by atomic mass is 10.2. The molecule has 10 nitrogen and oxygen atoms in total. The topological polar surface area (TPSA) is 181 Å². The van der Waals surface area contributed by atoms with Crippen LogP contribution in [-0.2, 0) is 22.7 Å². The molecule has 0 aliphatic rings. The predicted molar refractivity (Wildman–Crippen MR) is 103 cm³/mol. The fraction of sp³-hybridized carbons (Fsp3) is 0.250. The van der Waals surface area contributed by atoms with E-state index in [4.69, 9.17) is 39.3 Å². The molecular weight excluding hydrogens is 372 g/mol. The van der Waals surface area contributed by atoms with Crippen molar-refractivity contribution in [1.82, 2.24) is 15.3 Å². The first-order chi connectivity index (χ1) is 12.9. The third-order valence-corrected chi connectivity index (χ3v) is 3.66. The van der Waals surface area contributed by atoms with E-state index in [2.05, 4.69) is 20.3 Å². The van der Waals surface area contributed by atoms with E-state index in [-0.39, 0.29) is 41.6 Å². The molecular formula is C16H21ClN8O2. The standard InChI is InChI=1S/C16H21ClN8O2/c17-12-14(20)24-13(19)11(23-12)6-22-16(21)25-15(26)10(18)8-27-7-9-4-2-1-3-5-9/h1-5,10H,6-8,18H2,(H4,19,20,24)(H3,21,22,25,26). The van der Waals surface area contributed by atoms with Gasteiger partial charge in [-0.15, -0.1) is 0 Å². The van der Waals surface area contributed by atoms with Crippen LogP contribution in [0.15, 0.2) is 35.3 Å². The van der Waals surface area contributed by atoms with Gasteiger partial charge in [-0.25, -0.2) is 15.0 Å². The van der Waals surface area contributed by atoms with E-state index in [1.54, 1.807) is 0 Å². The van der Waals surface area contributed by atoms with Crippen LogP contribution in [-0.4, -0.2) is 34.5 Å². The van der Waals surface area contributed by atoms with E-state index in [1.165, 1.54) is 0 Å². The Hall–Kier alpha value is -2.95. The number of rotatable bonds is 7. The molecule has 2 rings (SSSR count). The molecule has 1 unspecified atom stereocenters. The first kappa shape index (κ1) is 20.4. The number of hydrogen-bond acceptors (Lipinski definition) is 8. The fourth-order valence-electron chi connectivity index (χ4n) is 1.96. The maximum absolute atomic E-state index is 12.0. The molecule has 2 aromatic rings. The molecule has 1 aromatic carbocycles. The Morgan fingerprint density at radius 2 is 1.93 bits per heavy atom. The molecule has 1 aromatic heterocycles. The Morgan fingerprint density at radius 3 is 2.63 bits per heavy atom. The number of benzene rings is 1. The number of hydrogen-bond donors (Lipinski definition) is 5. The van der Waals surface area contributed by atoms with Gasteiger partial charge in [0.25, 0.3) is 0 Å². The minimum atomic E-state index is -0.904. The van der Waals surface area contributed by atoms with Gasteiger partial charge in [0.05, 0.1) is 19.8 Å². The Labute approximate surface area is 161 Å². The normalized spacial score (nSPS) is 12.6. The number of nitrogens with two attached hydrogens (primary N) is 4. The third kappa shape index (κ3) is 6.37. The number of nitrogen functional groups attached to an aromatic ring is 2. The van der Waals surface area contributed by atoms with Crippen molar-refractivity contribution in [2.75, 3.05) is 18.1 Å². The van der Waals surface area contributed by atoms with Crippen molar-refractivity contribution >= 4 is 35.1 Å². The van der Waals surface area contributed by atoms with E-state index >= 15 is 0 Å². The molecule has 0 aliphatic heterocycles. The number of halogens is 1. The molecule has 1 amide bonds. The molecule has 0 saturated carbocycles. The van der Waals surface area contributed by atoms with Gasteiger partial charge in [-0.1, -0.05) is 41.9 Å². The maximum atomic E-state index is 12.0. The van der Waals surface area contributed by atoms with Crippen molar-refractivity contribution in [2.45, 2.75) is 19.2 Å². The van der Waals surface area contributed by atoms with Crippen molar-refractivity contribution in [3.63, 3.8) is 0 Å². The summed E-state index contributed by atoms with van der Waals surface area (Å²) in [6.45, 7) is 0.339. The molecule has 144 valence electrons. The Kier molecular flexibility index (Phi) is 7.29. The zero-order chi connectivity index (χ0) is 19.8. The van der Waals surface area contributed by atoms with Crippen LogP contribution in [0.5, 0.6) is 0 Å². The van der Waals surface area contributed by atoms with Crippen LogP contribution in [0.2, 0.25) is 5.15 Å². The van der Waals surface area contributed by atoms with Crippen molar-refractivity contribution in [1.29, 1.82) is 0 Å². The molecule has 0 bridgehead atoms. The fourth-order valence-corrected chi connectivity index (χ4v) is 2.11. The summed E-state index contributed by atoms with van der Waals surface area (Å²) in [5, 5.41) is 2.39. The van der Waals surface area contributed by atoms with Crippen LogP contribution in [0.3, 0.4) is 0 Å². The van der Waals surface area contributed by atoms with E-state index in [1.807, 2.05) is 30.3 Å².